The Kier molecular flexibility index (Phi) is 7.05. The number of anilines is 2. The van der Waals surface area contributed by atoms with Crippen LogP contribution < -0.4 is 15.5 Å². The molecule has 1 aromatic heterocycles. The molecule has 0 atom stereocenters. The van der Waals surface area contributed by atoms with E-state index in [1.54, 1.807) is 12.1 Å². The maximum Gasteiger partial charge on any atom is 0.225 e. The number of carbonyl (C=O) groups is 1. The molecule has 2 aromatic rings. The molecule has 0 radical (unpaired) electrons. The molecule has 0 aliphatic heterocycles. The van der Waals surface area contributed by atoms with Crippen molar-refractivity contribution in [2.24, 2.45) is 5.92 Å². The lowest BCUT2D eigenvalue weighted by molar-refractivity contribution is -0.126. The number of nitrogens with zero attached hydrogens (tertiary/aromatic N) is 3. The van der Waals surface area contributed by atoms with E-state index >= 15 is 0 Å². The summed E-state index contributed by atoms with van der Waals surface area (Å²) in [5, 5.41) is 6.29. The van der Waals surface area contributed by atoms with Gasteiger partial charge in [-0.2, -0.15) is 4.98 Å². The number of amides is 1. The highest BCUT2D eigenvalue weighted by molar-refractivity contribution is 9.10. The number of hydrogen-bond donors (Lipinski definition) is 2. The van der Waals surface area contributed by atoms with Crippen LogP contribution in [0.15, 0.2) is 28.7 Å². The largest absolute Gasteiger partial charge is 0.363 e. The van der Waals surface area contributed by atoms with E-state index in [9.17, 15) is 9.18 Å². The van der Waals surface area contributed by atoms with Crippen molar-refractivity contribution in [1.82, 2.24) is 15.3 Å². The number of rotatable bonds is 6. The van der Waals surface area contributed by atoms with E-state index in [4.69, 9.17) is 0 Å². The molecule has 1 aromatic carbocycles. The molecule has 1 saturated carbocycles. The van der Waals surface area contributed by atoms with Crippen LogP contribution in [0.4, 0.5) is 16.2 Å². The van der Waals surface area contributed by atoms with Crippen LogP contribution in [0.2, 0.25) is 0 Å². The van der Waals surface area contributed by atoms with Crippen molar-refractivity contribution in [3.8, 4) is 0 Å². The summed E-state index contributed by atoms with van der Waals surface area (Å²) in [6, 6.07) is 7.06. The van der Waals surface area contributed by atoms with Crippen LogP contribution in [0.3, 0.4) is 0 Å². The number of hydrogen-bond acceptors (Lipinski definition) is 5. The Labute approximate surface area is 179 Å². The Morgan fingerprint density at radius 3 is 2.59 bits per heavy atom. The summed E-state index contributed by atoms with van der Waals surface area (Å²) in [4.78, 5) is 23.5. The van der Waals surface area contributed by atoms with Gasteiger partial charge in [0.25, 0.3) is 0 Å². The molecular formula is C21H27BrFN5O. The second-order valence-electron chi connectivity index (χ2n) is 7.73. The lowest BCUT2D eigenvalue weighted by Crippen LogP contribution is -2.36. The lowest BCUT2D eigenvalue weighted by Gasteiger charge is -2.28. The normalized spacial score (nSPS) is 18.9. The summed E-state index contributed by atoms with van der Waals surface area (Å²) in [5.41, 5.74) is 1.41. The lowest BCUT2D eigenvalue weighted by atomic mass is 9.85. The van der Waals surface area contributed by atoms with Crippen LogP contribution in [0.1, 0.15) is 36.9 Å². The molecule has 1 heterocycles. The summed E-state index contributed by atoms with van der Waals surface area (Å²) in [7, 11) is 3.91. The van der Waals surface area contributed by atoms with Gasteiger partial charge in [0, 0.05) is 54.4 Å². The van der Waals surface area contributed by atoms with Crippen molar-refractivity contribution in [1.29, 1.82) is 0 Å². The quantitative estimate of drug-likeness (QED) is 0.676. The summed E-state index contributed by atoms with van der Waals surface area (Å²) in [5.74, 6) is 1.14. The maximum absolute atomic E-state index is 13.9. The van der Waals surface area contributed by atoms with E-state index in [-0.39, 0.29) is 30.2 Å². The van der Waals surface area contributed by atoms with Gasteiger partial charge in [0.15, 0.2) is 0 Å². The fourth-order valence-electron chi connectivity index (χ4n) is 3.52. The van der Waals surface area contributed by atoms with Crippen LogP contribution in [0, 0.1) is 18.7 Å². The van der Waals surface area contributed by atoms with E-state index in [2.05, 4.69) is 36.5 Å². The minimum atomic E-state index is -0.317. The predicted octanol–water partition coefficient (Wildman–Crippen LogP) is 4.04. The van der Waals surface area contributed by atoms with Gasteiger partial charge in [0.1, 0.15) is 11.6 Å². The standard InChI is InChI=1S/C21H27BrFN5O/c1-13-10-19(28(2)3)27-21(25-13)26-17-8-5-14(6-9-17)20(29)24-12-15-4-7-16(22)11-18(15)23/h4,7,10-11,14,17H,5-6,8-9,12H2,1-3H3,(H,24,29)(H,25,26,27)/t14-,17+. The van der Waals surface area contributed by atoms with Gasteiger partial charge in [-0.1, -0.05) is 22.0 Å². The predicted molar refractivity (Wildman–Crippen MR) is 116 cm³/mol. The number of nitrogens with one attached hydrogen (secondary N) is 2. The van der Waals surface area contributed by atoms with Crippen molar-refractivity contribution in [3.05, 3.63) is 45.8 Å². The van der Waals surface area contributed by atoms with E-state index in [1.165, 1.54) is 6.07 Å². The van der Waals surface area contributed by atoms with Gasteiger partial charge < -0.3 is 15.5 Å². The van der Waals surface area contributed by atoms with Gasteiger partial charge in [-0.15, -0.1) is 0 Å². The van der Waals surface area contributed by atoms with Gasteiger partial charge in [0.2, 0.25) is 11.9 Å². The first kappa shape index (κ1) is 21.5. The zero-order chi connectivity index (χ0) is 21.0. The van der Waals surface area contributed by atoms with Crippen LogP contribution in [0.5, 0.6) is 0 Å². The smallest absolute Gasteiger partial charge is 0.225 e. The highest BCUT2D eigenvalue weighted by atomic mass is 79.9. The number of aryl methyl sites for hydroxylation is 1. The zero-order valence-electron chi connectivity index (χ0n) is 17.0. The number of carbonyl (C=O) groups excluding carboxylic acids is 1. The minimum Gasteiger partial charge on any atom is -0.363 e. The molecule has 156 valence electrons. The first-order valence-electron chi connectivity index (χ1n) is 9.83. The van der Waals surface area contributed by atoms with Crippen molar-refractivity contribution >= 4 is 33.6 Å². The molecule has 1 aliphatic rings. The van der Waals surface area contributed by atoms with Crippen molar-refractivity contribution in [2.45, 2.75) is 45.2 Å². The molecule has 0 unspecified atom stereocenters. The molecule has 1 amide bonds. The first-order chi connectivity index (χ1) is 13.8. The molecular weight excluding hydrogens is 437 g/mol. The maximum atomic E-state index is 13.9. The molecule has 1 aliphatic carbocycles. The molecule has 29 heavy (non-hydrogen) atoms. The topological polar surface area (TPSA) is 70.2 Å². The van der Waals surface area contributed by atoms with Gasteiger partial charge in [0.05, 0.1) is 0 Å². The van der Waals surface area contributed by atoms with E-state index in [1.807, 2.05) is 32.0 Å². The van der Waals surface area contributed by atoms with Gasteiger partial charge in [-0.3, -0.25) is 4.79 Å². The molecule has 0 bridgehead atoms. The zero-order valence-corrected chi connectivity index (χ0v) is 18.6. The van der Waals surface area contributed by atoms with Crippen LogP contribution in [0.25, 0.3) is 0 Å². The van der Waals surface area contributed by atoms with Crippen molar-refractivity contribution in [2.75, 3.05) is 24.3 Å². The molecule has 3 rings (SSSR count). The summed E-state index contributed by atoms with van der Waals surface area (Å²) < 4.78 is 14.6. The van der Waals surface area contributed by atoms with Gasteiger partial charge in [-0.25, -0.2) is 9.37 Å². The fraction of sp³-hybridized carbons (Fsp3) is 0.476. The molecule has 0 spiro atoms. The summed E-state index contributed by atoms with van der Waals surface area (Å²) >= 11 is 3.24. The molecule has 6 nitrogen and oxygen atoms in total. The Morgan fingerprint density at radius 2 is 1.93 bits per heavy atom. The second-order valence-corrected chi connectivity index (χ2v) is 8.65. The van der Waals surface area contributed by atoms with Crippen molar-refractivity contribution < 1.29 is 9.18 Å². The Balaban J connectivity index is 1.49. The molecule has 1 fully saturated rings. The average molecular weight is 464 g/mol. The number of benzene rings is 1. The second kappa shape index (κ2) is 9.52. The van der Waals surface area contributed by atoms with E-state index in [0.717, 1.165) is 37.2 Å². The monoisotopic (exact) mass is 463 g/mol. The van der Waals surface area contributed by atoms with Gasteiger partial charge in [-0.05, 0) is 44.7 Å². The Morgan fingerprint density at radius 1 is 1.21 bits per heavy atom. The minimum absolute atomic E-state index is 0.00697. The number of aromatic nitrogens is 2. The molecule has 8 heteroatoms. The number of halogens is 2. The highest BCUT2D eigenvalue weighted by Crippen LogP contribution is 2.27. The third-order valence-corrected chi connectivity index (χ3v) is 5.69. The molecule has 0 saturated heterocycles. The van der Waals surface area contributed by atoms with Crippen LogP contribution in [-0.2, 0) is 11.3 Å². The summed E-state index contributed by atoms with van der Waals surface area (Å²) in [6.07, 6.45) is 3.33. The van der Waals surface area contributed by atoms with E-state index < -0.39 is 0 Å². The van der Waals surface area contributed by atoms with Crippen molar-refractivity contribution in [3.63, 3.8) is 0 Å². The van der Waals surface area contributed by atoms with Gasteiger partial charge >= 0.3 is 0 Å². The Bertz CT molecular complexity index is 868. The third kappa shape index (κ3) is 5.88. The SMILES string of the molecule is Cc1cc(N(C)C)nc(N[C@H]2CC[C@@H](C(=O)NCc3ccc(Br)cc3F)CC2)n1. The van der Waals surface area contributed by atoms with Crippen LogP contribution >= 0.6 is 15.9 Å². The fourth-order valence-corrected chi connectivity index (χ4v) is 3.85. The Hall–Kier alpha value is -2.22. The summed E-state index contributed by atoms with van der Waals surface area (Å²) in [6.45, 7) is 2.16. The van der Waals surface area contributed by atoms with Crippen LogP contribution in [-0.4, -0.2) is 36.0 Å². The highest BCUT2D eigenvalue weighted by Gasteiger charge is 2.26. The van der Waals surface area contributed by atoms with E-state index in [0.29, 0.717) is 16.0 Å². The average Bonchev–Trinajstić information content (AvgIpc) is 2.67. The third-order valence-electron chi connectivity index (χ3n) is 5.20. The molecule has 2 N–H and O–H groups in total. The first-order valence-corrected chi connectivity index (χ1v) is 10.6.